The Balaban J connectivity index is -0.000000227. The summed E-state index contributed by atoms with van der Waals surface area (Å²) in [7, 11) is 0. The molecule has 4 unspecified atom stereocenters. The number of aliphatic hydroxyl groups is 4. The molecule has 12 N–H and O–H groups in total. The largest absolute Gasteiger partial charge is 4.00 e. The van der Waals surface area contributed by atoms with E-state index in [4.69, 9.17) is 122 Å². The number of hydrogen-bond acceptors (Lipinski definition) is 20. The maximum atomic E-state index is 9.96. The number of nitrogens with two attached hydrogens (primary N) is 4. The number of hydrogen-bond donors (Lipinski definition) is 8. The molecule has 0 spiro atoms. The van der Waals surface area contributed by atoms with Crippen LogP contribution in [0.2, 0.25) is 0 Å². The van der Waals surface area contributed by atoms with Crippen molar-refractivity contribution in [1.29, 1.82) is 0 Å². The quantitative estimate of drug-likeness (QED) is 0.0192. The Morgan fingerprint density at radius 3 is 0.508 bits per heavy atom. The van der Waals surface area contributed by atoms with Crippen LogP contribution in [0.5, 0.6) is 0 Å². The van der Waals surface area contributed by atoms with E-state index in [9.17, 15) is 20.4 Å². The number of nitrogens with zero attached hydrogens (tertiary/aromatic N) is 4. The summed E-state index contributed by atoms with van der Waals surface area (Å²) in [4.78, 5) is 7.09. The van der Waals surface area contributed by atoms with Crippen LogP contribution in [0.15, 0.2) is 0 Å². The minimum atomic E-state index is -1.60. The molecule has 0 aliphatic heterocycles. The summed E-state index contributed by atoms with van der Waals surface area (Å²) in [5.74, 6) is -6.41. The summed E-state index contributed by atoms with van der Waals surface area (Å²) in [5, 5.41) is 39.9. The van der Waals surface area contributed by atoms with Gasteiger partial charge in [0.05, 0.1) is 0 Å². The first-order valence-corrected chi connectivity index (χ1v) is 25.0. The first kappa shape index (κ1) is 71.6. The summed E-state index contributed by atoms with van der Waals surface area (Å²) in [5.41, 5.74) is 22.9. The standard InChI is InChI=1S/4C10H22N2OS2.Sn/c4*1-3-5-7-12(8-6-4-2)10(11,13)9(14)15;/h4*13H,3-8,11H2,1-2H3,(H,14,15);/q;;;;+4/p-4. The van der Waals surface area contributed by atoms with Crippen molar-refractivity contribution < 1.29 is 20.4 Å². The van der Waals surface area contributed by atoms with Gasteiger partial charge in [0.2, 0.25) is 0 Å². The molecule has 0 aromatic heterocycles. The molecule has 0 aliphatic carbocycles. The zero-order valence-electron chi connectivity index (χ0n) is 38.6. The maximum absolute atomic E-state index is 9.96. The van der Waals surface area contributed by atoms with E-state index in [-0.39, 0.29) is 40.7 Å². The van der Waals surface area contributed by atoms with Crippen molar-refractivity contribution in [2.24, 2.45) is 22.9 Å². The van der Waals surface area contributed by atoms with E-state index in [1.54, 1.807) is 19.6 Å². The second-order valence-corrected chi connectivity index (χ2v) is 19.1. The Morgan fingerprint density at radius 1 is 0.344 bits per heavy atom. The SMILES string of the molecule is CCCCN(CCCC)C(N)(O)C(=S)[S-].CCCCN(CCCC)C(N)(O)C(=S)[S-].CCCCN(CCCC)C(N)(O)C(=S)[S-].CCCCN(CCCC)C(N)(O)C(=S)[S-].[Sn+4]. The van der Waals surface area contributed by atoms with Gasteiger partial charge in [0, 0.05) is 52.4 Å². The zero-order valence-corrected chi connectivity index (χ0v) is 48.0. The molecule has 0 aromatic rings. The van der Waals surface area contributed by atoms with E-state index in [1.807, 2.05) is 0 Å². The molecule has 12 nitrogen and oxygen atoms in total. The van der Waals surface area contributed by atoms with Gasteiger partial charge in [-0.3, -0.25) is 42.5 Å². The van der Waals surface area contributed by atoms with Crippen LogP contribution in [0.1, 0.15) is 158 Å². The molecule has 61 heavy (non-hydrogen) atoms. The Bertz CT molecular complexity index is 935. The molecule has 21 heteroatoms. The van der Waals surface area contributed by atoms with Crippen molar-refractivity contribution >= 4 is 140 Å². The van der Waals surface area contributed by atoms with Gasteiger partial charge < -0.3 is 120 Å². The van der Waals surface area contributed by atoms with Gasteiger partial charge in [-0.1, -0.05) is 124 Å². The van der Waals surface area contributed by atoms with Crippen LogP contribution in [0.4, 0.5) is 0 Å². The van der Waals surface area contributed by atoms with Crippen molar-refractivity contribution in [2.45, 2.75) is 182 Å². The molecular weight excluding hydrogens is 1030 g/mol. The van der Waals surface area contributed by atoms with Crippen LogP contribution < -0.4 is 22.9 Å². The van der Waals surface area contributed by atoms with Crippen molar-refractivity contribution in [2.75, 3.05) is 52.4 Å². The van der Waals surface area contributed by atoms with Gasteiger partial charge in [0.15, 0.2) is 23.4 Å². The fraction of sp³-hybridized carbons (Fsp3) is 0.900. The molecule has 0 amide bonds. The molecule has 360 valence electrons. The smallest absolute Gasteiger partial charge is 0.427 e. The first-order chi connectivity index (χ1) is 27.9. The molecule has 0 radical (unpaired) electrons. The average Bonchev–Trinajstić information content (AvgIpc) is 3.18. The van der Waals surface area contributed by atoms with Crippen molar-refractivity contribution in [1.82, 2.24) is 19.6 Å². The van der Waals surface area contributed by atoms with Crippen LogP contribution >= 0.6 is 48.9 Å². The minimum Gasteiger partial charge on any atom is -0.427 e. The Hall–Kier alpha value is 1.56. The molecule has 0 aromatic carbocycles. The maximum Gasteiger partial charge on any atom is 4.00 e. The minimum absolute atomic E-state index is 0. The molecule has 0 saturated carbocycles. The topological polar surface area (TPSA) is 198 Å². The Kier molecular flexibility index (Phi) is 48.9. The monoisotopic (exact) mass is 1120 g/mol. The van der Waals surface area contributed by atoms with Crippen LogP contribution in [-0.4, -0.2) is 156 Å². The van der Waals surface area contributed by atoms with Gasteiger partial charge in [-0.15, -0.1) is 0 Å². The predicted octanol–water partition coefficient (Wildman–Crippen LogP) is 5.09. The second-order valence-electron chi connectivity index (χ2n) is 14.8. The van der Waals surface area contributed by atoms with Gasteiger partial charge in [-0.2, -0.15) is 0 Å². The molecule has 0 saturated heterocycles. The molecule has 0 bridgehead atoms. The van der Waals surface area contributed by atoms with E-state index >= 15 is 0 Å². The van der Waals surface area contributed by atoms with Crippen LogP contribution in [0, 0.1) is 0 Å². The number of thiocarbonyl (C=S) groups is 4. The normalized spacial score (nSPS) is 15.0. The van der Waals surface area contributed by atoms with Crippen LogP contribution in [0.25, 0.3) is 0 Å². The van der Waals surface area contributed by atoms with Gasteiger partial charge in [0.1, 0.15) is 0 Å². The van der Waals surface area contributed by atoms with E-state index in [2.05, 4.69) is 55.4 Å². The fourth-order valence-electron chi connectivity index (χ4n) is 5.12. The third kappa shape index (κ3) is 32.8. The van der Waals surface area contributed by atoms with Gasteiger partial charge in [-0.25, -0.2) is 0 Å². The molecule has 4 atom stereocenters. The third-order valence-electron chi connectivity index (χ3n) is 9.38. The summed E-state index contributed by atoms with van der Waals surface area (Å²) >= 11 is 38.5. The second kappa shape index (κ2) is 41.7. The summed E-state index contributed by atoms with van der Waals surface area (Å²) in [6.07, 6.45) is 16.4. The summed E-state index contributed by atoms with van der Waals surface area (Å²) in [6, 6.07) is 0. The molecular formula is C40H84N8O4S8Sn. The fourth-order valence-corrected chi connectivity index (χ4v) is 6.15. The molecule has 0 heterocycles. The molecule has 0 fully saturated rings. The summed E-state index contributed by atoms with van der Waals surface area (Å²) < 4.78 is 0.0915. The third-order valence-corrected chi connectivity index (χ3v) is 11.8. The average molecular weight is 1120 g/mol. The van der Waals surface area contributed by atoms with Gasteiger partial charge in [0.25, 0.3) is 0 Å². The number of unbranched alkanes of at least 4 members (excludes halogenated alkanes) is 8. The Labute approximate surface area is 433 Å². The van der Waals surface area contributed by atoms with E-state index in [0.29, 0.717) is 0 Å². The summed E-state index contributed by atoms with van der Waals surface area (Å²) in [6.45, 7) is 22.7. The van der Waals surface area contributed by atoms with Crippen molar-refractivity contribution in [3.8, 4) is 0 Å². The predicted molar refractivity (Wildman–Crippen MR) is 288 cm³/mol. The van der Waals surface area contributed by atoms with Crippen LogP contribution in [-0.2, 0) is 50.5 Å². The van der Waals surface area contributed by atoms with Gasteiger partial charge in [-0.05, 0) is 51.4 Å². The number of rotatable bonds is 32. The zero-order chi connectivity index (χ0) is 47.6. The van der Waals surface area contributed by atoms with Crippen molar-refractivity contribution in [3.63, 3.8) is 0 Å². The van der Waals surface area contributed by atoms with Crippen LogP contribution in [0.3, 0.4) is 0 Å². The first-order valence-electron chi connectivity index (χ1n) is 21.8. The molecule has 0 aliphatic rings. The van der Waals surface area contributed by atoms with E-state index in [1.165, 1.54) is 0 Å². The van der Waals surface area contributed by atoms with Gasteiger partial charge >= 0.3 is 23.9 Å². The molecule has 0 rings (SSSR count). The van der Waals surface area contributed by atoms with E-state index < -0.39 is 23.4 Å². The van der Waals surface area contributed by atoms with Crippen molar-refractivity contribution in [3.05, 3.63) is 0 Å². The van der Waals surface area contributed by atoms with E-state index in [0.717, 1.165) is 155 Å². The Morgan fingerprint density at radius 2 is 0.443 bits per heavy atom.